The van der Waals surface area contributed by atoms with Crippen LogP contribution in [0.1, 0.15) is 49.3 Å². The number of anilines is 2. The Balaban J connectivity index is 1.36. The van der Waals surface area contributed by atoms with E-state index < -0.39 is 17.8 Å². The lowest BCUT2D eigenvalue weighted by molar-refractivity contribution is -0.141. The summed E-state index contributed by atoms with van der Waals surface area (Å²) in [7, 11) is 0. The minimum Gasteiger partial charge on any atom is -0.481 e. The smallest absolute Gasteiger partial charge is 0.433 e. The van der Waals surface area contributed by atoms with Gasteiger partial charge >= 0.3 is 12.1 Å². The molecule has 1 fully saturated rings. The standard InChI is InChI=1S/C24H23F3N4O2/c25-24(26,27)21-10-9-19(12-29-21)31-22-14-28-20(13-30-22)18-7-5-17(6-8-18)16-3-1-15(2-4-16)11-23(32)33/h5-10,12-16H,1-4,11H2,(H,30,31)(H,32,33)/t15-,16-. The lowest BCUT2D eigenvalue weighted by atomic mass is 9.77. The Bertz CT molecular complexity index is 1080. The van der Waals surface area contributed by atoms with Crippen molar-refractivity contribution in [3.63, 3.8) is 0 Å². The van der Waals surface area contributed by atoms with Crippen LogP contribution in [0.3, 0.4) is 0 Å². The highest BCUT2D eigenvalue weighted by molar-refractivity contribution is 5.67. The summed E-state index contributed by atoms with van der Waals surface area (Å²) in [5.41, 5.74) is 2.27. The molecule has 0 spiro atoms. The molecular weight excluding hydrogens is 433 g/mol. The molecule has 0 bridgehead atoms. The highest BCUT2D eigenvalue weighted by atomic mass is 19.4. The summed E-state index contributed by atoms with van der Waals surface area (Å²) in [4.78, 5) is 23.0. The number of benzene rings is 1. The van der Waals surface area contributed by atoms with Gasteiger partial charge in [0.15, 0.2) is 0 Å². The highest BCUT2D eigenvalue weighted by Crippen LogP contribution is 2.37. The SMILES string of the molecule is O=C(O)C[C@H]1CC[C@H](c2ccc(-c3cnc(Nc4ccc(C(F)(F)F)nc4)cn3)cc2)CC1. The zero-order valence-corrected chi connectivity index (χ0v) is 17.7. The average molecular weight is 456 g/mol. The van der Waals surface area contributed by atoms with E-state index >= 15 is 0 Å². The number of carboxylic acid groups (broad SMARTS) is 1. The number of aliphatic carboxylic acids is 1. The van der Waals surface area contributed by atoms with Gasteiger partial charge in [-0.1, -0.05) is 24.3 Å². The first-order chi connectivity index (χ1) is 15.8. The molecule has 2 aromatic heterocycles. The second-order valence-corrected chi connectivity index (χ2v) is 8.28. The van der Waals surface area contributed by atoms with Gasteiger partial charge in [0.05, 0.1) is 30.0 Å². The fraction of sp³-hybridized carbons (Fsp3) is 0.333. The second kappa shape index (κ2) is 9.56. The summed E-state index contributed by atoms with van der Waals surface area (Å²) in [6.07, 6.45) is 3.87. The van der Waals surface area contributed by atoms with E-state index in [1.54, 1.807) is 6.20 Å². The van der Waals surface area contributed by atoms with Gasteiger partial charge in [0.25, 0.3) is 0 Å². The monoisotopic (exact) mass is 456 g/mol. The van der Waals surface area contributed by atoms with E-state index in [-0.39, 0.29) is 12.3 Å². The Morgan fingerprint density at radius 1 is 0.939 bits per heavy atom. The molecule has 172 valence electrons. The number of rotatable bonds is 6. The third-order valence-electron chi connectivity index (χ3n) is 5.97. The number of carboxylic acids is 1. The zero-order chi connectivity index (χ0) is 23.4. The first-order valence-electron chi connectivity index (χ1n) is 10.7. The van der Waals surface area contributed by atoms with Gasteiger partial charge in [-0.25, -0.2) is 9.97 Å². The molecule has 33 heavy (non-hydrogen) atoms. The van der Waals surface area contributed by atoms with E-state index in [2.05, 4.69) is 32.4 Å². The number of nitrogens with one attached hydrogen (secondary N) is 1. The van der Waals surface area contributed by atoms with Gasteiger partial charge in [0, 0.05) is 12.0 Å². The largest absolute Gasteiger partial charge is 0.481 e. The summed E-state index contributed by atoms with van der Waals surface area (Å²) in [6, 6.07) is 10.4. The van der Waals surface area contributed by atoms with Gasteiger partial charge in [-0.3, -0.25) is 9.78 Å². The first kappa shape index (κ1) is 22.7. The van der Waals surface area contributed by atoms with Crippen LogP contribution in [0.25, 0.3) is 11.3 Å². The lowest BCUT2D eigenvalue weighted by Gasteiger charge is -2.28. The molecule has 0 saturated heterocycles. The van der Waals surface area contributed by atoms with Crippen LogP contribution in [0.4, 0.5) is 24.7 Å². The van der Waals surface area contributed by atoms with Crippen molar-refractivity contribution >= 4 is 17.5 Å². The maximum Gasteiger partial charge on any atom is 0.433 e. The van der Waals surface area contributed by atoms with Gasteiger partial charge < -0.3 is 10.4 Å². The van der Waals surface area contributed by atoms with Crippen LogP contribution in [0, 0.1) is 5.92 Å². The third kappa shape index (κ3) is 5.85. The van der Waals surface area contributed by atoms with E-state index in [4.69, 9.17) is 5.11 Å². The summed E-state index contributed by atoms with van der Waals surface area (Å²) < 4.78 is 37.8. The molecule has 1 aromatic carbocycles. The van der Waals surface area contributed by atoms with Crippen molar-refractivity contribution in [2.45, 2.75) is 44.2 Å². The van der Waals surface area contributed by atoms with Crippen molar-refractivity contribution in [1.29, 1.82) is 0 Å². The van der Waals surface area contributed by atoms with Gasteiger partial charge in [-0.2, -0.15) is 13.2 Å². The molecule has 3 aromatic rings. The van der Waals surface area contributed by atoms with Crippen LogP contribution in [0.15, 0.2) is 55.0 Å². The normalized spacial score (nSPS) is 18.6. The Morgan fingerprint density at radius 2 is 1.67 bits per heavy atom. The molecule has 0 aliphatic heterocycles. The van der Waals surface area contributed by atoms with Crippen LogP contribution in [-0.4, -0.2) is 26.0 Å². The Hall–Kier alpha value is -3.49. The van der Waals surface area contributed by atoms with E-state index in [9.17, 15) is 18.0 Å². The number of halogens is 3. The summed E-state index contributed by atoms with van der Waals surface area (Å²) >= 11 is 0. The van der Waals surface area contributed by atoms with E-state index in [1.165, 1.54) is 17.8 Å². The quantitative estimate of drug-likeness (QED) is 0.470. The Labute approximate surface area is 188 Å². The lowest BCUT2D eigenvalue weighted by Crippen LogP contribution is -2.16. The Kier molecular flexibility index (Phi) is 6.57. The number of hydrogen-bond acceptors (Lipinski definition) is 5. The predicted octanol–water partition coefficient (Wildman–Crippen LogP) is 6.05. The average Bonchev–Trinajstić information content (AvgIpc) is 2.80. The first-order valence-corrected chi connectivity index (χ1v) is 10.7. The molecule has 6 nitrogen and oxygen atoms in total. The number of alkyl halides is 3. The van der Waals surface area contributed by atoms with Crippen LogP contribution in [0.2, 0.25) is 0 Å². The maximum atomic E-state index is 12.6. The minimum absolute atomic E-state index is 0.255. The molecular formula is C24H23F3N4O2. The van der Waals surface area contributed by atoms with Crippen molar-refractivity contribution in [3.8, 4) is 11.3 Å². The minimum atomic E-state index is -4.48. The zero-order valence-electron chi connectivity index (χ0n) is 17.7. The van der Waals surface area contributed by atoms with Gasteiger partial charge in [-0.05, 0) is 55.2 Å². The molecule has 1 aliphatic carbocycles. The topological polar surface area (TPSA) is 88.0 Å². The molecule has 1 aliphatic rings. The van der Waals surface area contributed by atoms with Crippen molar-refractivity contribution in [1.82, 2.24) is 15.0 Å². The molecule has 9 heteroatoms. The van der Waals surface area contributed by atoms with E-state index in [1.807, 2.05) is 12.1 Å². The Morgan fingerprint density at radius 3 is 2.21 bits per heavy atom. The maximum absolute atomic E-state index is 12.6. The van der Waals surface area contributed by atoms with Crippen molar-refractivity contribution < 1.29 is 23.1 Å². The fourth-order valence-corrected chi connectivity index (χ4v) is 4.20. The van der Waals surface area contributed by atoms with Crippen molar-refractivity contribution in [2.24, 2.45) is 5.92 Å². The molecule has 1 saturated carbocycles. The third-order valence-corrected chi connectivity index (χ3v) is 5.97. The van der Waals surface area contributed by atoms with Crippen molar-refractivity contribution in [3.05, 3.63) is 66.2 Å². The van der Waals surface area contributed by atoms with Crippen LogP contribution < -0.4 is 5.32 Å². The second-order valence-electron chi connectivity index (χ2n) is 8.28. The summed E-state index contributed by atoms with van der Waals surface area (Å²) in [5.74, 6) is 0.397. The van der Waals surface area contributed by atoms with Gasteiger partial charge in [0.2, 0.25) is 0 Å². The molecule has 4 rings (SSSR count). The van der Waals surface area contributed by atoms with E-state index in [0.29, 0.717) is 23.1 Å². The van der Waals surface area contributed by atoms with Crippen LogP contribution >= 0.6 is 0 Å². The highest BCUT2D eigenvalue weighted by Gasteiger charge is 2.32. The molecule has 0 radical (unpaired) electrons. The van der Waals surface area contributed by atoms with Crippen LogP contribution in [0.5, 0.6) is 0 Å². The molecule has 2 N–H and O–H groups in total. The number of aromatic nitrogens is 3. The number of carbonyl (C=O) groups is 1. The number of pyridine rings is 1. The molecule has 0 amide bonds. The molecule has 0 unspecified atom stereocenters. The summed E-state index contributed by atoms with van der Waals surface area (Å²) in [5, 5.41) is 11.8. The van der Waals surface area contributed by atoms with Crippen LogP contribution in [-0.2, 0) is 11.0 Å². The van der Waals surface area contributed by atoms with Gasteiger partial charge in [-0.15, -0.1) is 0 Å². The van der Waals surface area contributed by atoms with Crippen molar-refractivity contribution in [2.75, 3.05) is 5.32 Å². The fourth-order valence-electron chi connectivity index (χ4n) is 4.20. The number of nitrogens with zero attached hydrogens (tertiary/aromatic N) is 3. The summed E-state index contributed by atoms with van der Waals surface area (Å²) in [6.45, 7) is 0. The van der Waals surface area contributed by atoms with E-state index in [0.717, 1.165) is 43.5 Å². The molecule has 2 heterocycles. The number of hydrogen-bond donors (Lipinski definition) is 2. The molecule has 0 atom stereocenters. The van der Waals surface area contributed by atoms with Gasteiger partial charge in [0.1, 0.15) is 11.5 Å². The predicted molar refractivity (Wildman–Crippen MR) is 117 cm³/mol.